The predicted octanol–water partition coefficient (Wildman–Crippen LogP) is 4.72. The molecule has 180 valence electrons. The Morgan fingerprint density at radius 2 is 1.86 bits per heavy atom. The Bertz CT molecular complexity index is 1460. The van der Waals surface area contributed by atoms with Crippen LogP contribution in [0.2, 0.25) is 0 Å². The highest BCUT2D eigenvalue weighted by Gasteiger charge is 2.36. The largest absolute Gasteiger partial charge is 0.494 e. The van der Waals surface area contributed by atoms with Gasteiger partial charge in [0.25, 0.3) is 5.91 Å². The van der Waals surface area contributed by atoms with Crippen LogP contribution in [0.25, 0.3) is 22.1 Å². The zero-order valence-electron chi connectivity index (χ0n) is 19.4. The summed E-state index contributed by atoms with van der Waals surface area (Å²) in [5, 5.41) is 6.13. The third-order valence-electron chi connectivity index (χ3n) is 6.31. The van der Waals surface area contributed by atoms with E-state index in [1.165, 1.54) is 0 Å². The summed E-state index contributed by atoms with van der Waals surface area (Å²) in [6, 6.07) is 22.4. The minimum atomic E-state index is -3.19. The highest BCUT2D eigenvalue weighted by atomic mass is 32.2. The van der Waals surface area contributed by atoms with Gasteiger partial charge in [-0.25, -0.2) is 8.42 Å². The first-order valence-electron chi connectivity index (χ1n) is 11.6. The van der Waals surface area contributed by atoms with E-state index >= 15 is 0 Å². The second-order valence-electron chi connectivity index (χ2n) is 8.66. The number of hydrogen-bond donors (Lipinski definition) is 0. The van der Waals surface area contributed by atoms with Crippen molar-refractivity contribution >= 4 is 26.5 Å². The molecular formula is C27H26N2O5S. The number of carbonyl (C=O) groups excluding carboxylic acids is 1. The minimum absolute atomic E-state index is 0.0485. The van der Waals surface area contributed by atoms with E-state index in [2.05, 4.69) is 5.16 Å². The smallest absolute Gasteiger partial charge is 0.276 e. The van der Waals surface area contributed by atoms with Crippen molar-refractivity contribution in [1.82, 2.24) is 10.1 Å². The highest BCUT2D eigenvalue weighted by molar-refractivity contribution is 7.91. The maximum atomic E-state index is 13.7. The van der Waals surface area contributed by atoms with Gasteiger partial charge < -0.3 is 14.2 Å². The van der Waals surface area contributed by atoms with Crippen LogP contribution in [0.5, 0.6) is 5.75 Å². The SMILES string of the molecule is CCOc1ccc(-c2cc(C(=O)N(Cc3cccc4ccccc34)[C@@H]3CCS(=O)(=O)C3)no2)cc1. The van der Waals surface area contributed by atoms with Gasteiger partial charge in [0.2, 0.25) is 0 Å². The van der Waals surface area contributed by atoms with Crippen LogP contribution in [-0.2, 0) is 16.4 Å². The first kappa shape index (κ1) is 23.1. The number of ether oxygens (including phenoxy) is 1. The number of fused-ring (bicyclic) bond motifs is 1. The first-order chi connectivity index (χ1) is 16.9. The summed E-state index contributed by atoms with van der Waals surface area (Å²) in [6.07, 6.45) is 0.405. The fourth-order valence-electron chi connectivity index (χ4n) is 4.54. The fourth-order valence-corrected chi connectivity index (χ4v) is 6.27. The average Bonchev–Trinajstić information content (AvgIpc) is 3.49. The molecule has 2 heterocycles. The van der Waals surface area contributed by atoms with Gasteiger partial charge in [-0.1, -0.05) is 47.6 Å². The molecule has 1 aliphatic rings. The van der Waals surface area contributed by atoms with Crippen LogP contribution in [-0.4, -0.2) is 48.5 Å². The van der Waals surface area contributed by atoms with Crippen molar-refractivity contribution in [3.63, 3.8) is 0 Å². The van der Waals surface area contributed by atoms with E-state index in [9.17, 15) is 13.2 Å². The molecule has 5 rings (SSSR count). The number of hydrogen-bond acceptors (Lipinski definition) is 6. The van der Waals surface area contributed by atoms with Gasteiger partial charge in [0.15, 0.2) is 21.3 Å². The first-order valence-corrected chi connectivity index (χ1v) is 13.4. The third kappa shape index (κ3) is 4.93. The summed E-state index contributed by atoms with van der Waals surface area (Å²) in [7, 11) is -3.19. The Labute approximate surface area is 204 Å². The number of aromatic nitrogens is 1. The lowest BCUT2D eigenvalue weighted by Gasteiger charge is -2.28. The number of sulfone groups is 1. The molecule has 1 amide bonds. The second kappa shape index (κ2) is 9.54. The predicted molar refractivity (Wildman–Crippen MR) is 134 cm³/mol. The summed E-state index contributed by atoms with van der Waals surface area (Å²) in [5.74, 6) is 0.887. The third-order valence-corrected chi connectivity index (χ3v) is 8.06. The fraction of sp³-hybridized carbons (Fsp3) is 0.259. The van der Waals surface area contributed by atoms with Crippen LogP contribution in [0.4, 0.5) is 0 Å². The molecule has 3 aromatic carbocycles. The molecule has 1 saturated heterocycles. The van der Waals surface area contributed by atoms with Crippen molar-refractivity contribution in [2.24, 2.45) is 0 Å². The number of amides is 1. The van der Waals surface area contributed by atoms with Crippen LogP contribution in [0, 0.1) is 0 Å². The molecule has 0 aliphatic carbocycles. The van der Waals surface area contributed by atoms with Crippen molar-refractivity contribution in [2.45, 2.75) is 25.9 Å². The summed E-state index contributed by atoms with van der Waals surface area (Å²) >= 11 is 0. The van der Waals surface area contributed by atoms with Crippen LogP contribution in [0.15, 0.2) is 77.3 Å². The lowest BCUT2D eigenvalue weighted by molar-refractivity contribution is 0.0671. The topological polar surface area (TPSA) is 89.7 Å². The van der Waals surface area contributed by atoms with E-state index in [1.54, 1.807) is 11.0 Å². The molecule has 0 N–H and O–H groups in total. The van der Waals surface area contributed by atoms with Gasteiger partial charge in [-0.3, -0.25) is 4.79 Å². The molecule has 0 radical (unpaired) electrons. The Morgan fingerprint density at radius 1 is 1.09 bits per heavy atom. The summed E-state index contributed by atoms with van der Waals surface area (Å²) in [5.41, 5.74) is 1.87. The Hall–Kier alpha value is -3.65. The van der Waals surface area contributed by atoms with Crippen molar-refractivity contribution in [1.29, 1.82) is 0 Å². The Morgan fingerprint density at radius 3 is 2.60 bits per heavy atom. The Balaban J connectivity index is 1.45. The molecule has 8 heteroatoms. The van der Waals surface area contributed by atoms with E-state index < -0.39 is 15.9 Å². The van der Waals surface area contributed by atoms with Crippen LogP contribution < -0.4 is 4.74 Å². The molecule has 4 aromatic rings. The molecule has 1 aliphatic heterocycles. The van der Waals surface area contributed by atoms with Gasteiger partial charge in [0.1, 0.15) is 5.75 Å². The molecule has 1 fully saturated rings. The van der Waals surface area contributed by atoms with Crippen molar-refractivity contribution in [3.8, 4) is 17.1 Å². The van der Waals surface area contributed by atoms with Gasteiger partial charge >= 0.3 is 0 Å². The lowest BCUT2D eigenvalue weighted by Crippen LogP contribution is -2.40. The summed E-state index contributed by atoms with van der Waals surface area (Å²) < 4.78 is 35.5. The molecule has 1 atom stereocenters. The second-order valence-corrected chi connectivity index (χ2v) is 10.9. The van der Waals surface area contributed by atoms with E-state index in [4.69, 9.17) is 9.26 Å². The summed E-state index contributed by atoms with van der Waals surface area (Å²) in [6.45, 7) is 2.77. The molecule has 0 saturated carbocycles. The quantitative estimate of drug-likeness (QED) is 0.372. The highest BCUT2D eigenvalue weighted by Crippen LogP contribution is 2.28. The van der Waals surface area contributed by atoms with Gasteiger partial charge in [0, 0.05) is 24.2 Å². The van der Waals surface area contributed by atoms with E-state index in [1.807, 2.05) is 73.7 Å². The standard InChI is InChI=1S/C27H26N2O5S/c1-2-33-23-12-10-20(11-13-23)26-16-25(28-34-26)27(30)29(22-14-15-35(31,32)18-22)17-21-8-5-7-19-6-3-4-9-24(19)21/h3-13,16,22H,2,14-15,17-18H2,1H3/t22-/m1/s1. The Kier molecular flexibility index (Phi) is 6.30. The normalized spacial score (nSPS) is 16.9. The molecular weight excluding hydrogens is 464 g/mol. The van der Waals surface area contributed by atoms with Crippen molar-refractivity contribution in [3.05, 3.63) is 84.1 Å². The van der Waals surface area contributed by atoms with Crippen molar-refractivity contribution < 1.29 is 22.5 Å². The summed E-state index contributed by atoms with van der Waals surface area (Å²) in [4.78, 5) is 15.3. The maximum Gasteiger partial charge on any atom is 0.276 e. The van der Waals surface area contributed by atoms with Gasteiger partial charge in [-0.2, -0.15) is 0 Å². The maximum absolute atomic E-state index is 13.7. The van der Waals surface area contributed by atoms with Gasteiger partial charge in [-0.05, 0) is 53.9 Å². The molecule has 0 unspecified atom stereocenters. The van der Waals surface area contributed by atoms with Crippen LogP contribution in [0.3, 0.4) is 0 Å². The molecule has 35 heavy (non-hydrogen) atoms. The van der Waals surface area contributed by atoms with Crippen LogP contribution >= 0.6 is 0 Å². The van der Waals surface area contributed by atoms with Gasteiger partial charge in [-0.15, -0.1) is 0 Å². The van der Waals surface area contributed by atoms with E-state index in [0.29, 0.717) is 18.8 Å². The zero-order valence-corrected chi connectivity index (χ0v) is 20.2. The molecule has 0 bridgehead atoms. The van der Waals surface area contributed by atoms with E-state index in [-0.39, 0.29) is 29.7 Å². The lowest BCUT2D eigenvalue weighted by atomic mass is 10.0. The van der Waals surface area contributed by atoms with Crippen LogP contribution in [0.1, 0.15) is 29.4 Å². The van der Waals surface area contributed by atoms with E-state index in [0.717, 1.165) is 27.6 Å². The number of benzene rings is 3. The number of rotatable bonds is 7. The van der Waals surface area contributed by atoms with Gasteiger partial charge in [0.05, 0.1) is 18.1 Å². The molecule has 0 spiro atoms. The molecule has 7 nitrogen and oxygen atoms in total. The monoisotopic (exact) mass is 490 g/mol. The number of nitrogens with zero attached hydrogens (tertiary/aromatic N) is 2. The molecule has 1 aromatic heterocycles. The van der Waals surface area contributed by atoms with Crippen molar-refractivity contribution in [2.75, 3.05) is 18.1 Å². The number of carbonyl (C=O) groups is 1. The minimum Gasteiger partial charge on any atom is -0.494 e. The average molecular weight is 491 g/mol. The zero-order chi connectivity index (χ0) is 24.4.